The lowest BCUT2D eigenvalue weighted by atomic mass is 9.90. The number of hydrogen-bond acceptors (Lipinski definition) is 12. The third-order valence-electron chi connectivity index (χ3n) is 8.42. The quantitative estimate of drug-likeness (QED) is 0.170. The molecule has 1 saturated carbocycles. The van der Waals surface area contributed by atoms with Crippen LogP contribution in [-0.2, 0) is 16.0 Å². The number of nitrogens with one attached hydrogen (secondary N) is 1. The maximum atomic E-state index is 12.4. The van der Waals surface area contributed by atoms with Crippen molar-refractivity contribution in [1.29, 1.82) is 0 Å². The highest BCUT2D eigenvalue weighted by Crippen LogP contribution is 2.35. The maximum absolute atomic E-state index is 12.4. The van der Waals surface area contributed by atoms with E-state index in [2.05, 4.69) is 45.5 Å². The molecule has 3 aromatic heterocycles. The number of aromatic nitrogens is 8. The number of anilines is 2. The fourth-order valence-electron chi connectivity index (χ4n) is 6.02. The fraction of sp³-hybridized carbons (Fsp3) is 0.548. The third kappa shape index (κ3) is 9.77. The molecule has 1 aliphatic carbocycles. The van der Waals surface area contributed by atoms with Gasteiger partial charge in [0.05, 0.1) is 50.2 Å². The van der Waals surface area contributed by atoms with E-state index in [-0.39, 0.29) is 31.1 Å². The van der Waals surface area contributed by atoms with Crippen LogP contribution in [0.25, 0.3) is 11.1 Å². The Hall–Kier alpha value is -4.06. The summed E-state index contributed by atoms with van der Waals surface area (Å²) in [5.74, 6) is 1.05. The zero-order valence-electron chi connectivity index (χ0n) is 26.9. The zero-order chi connectivity index (χ0) is 34.2. The molecule has 14 nitrogen and oxygen atoms in total. The van der Waals surface area contributed by atoms with Crippen LogP contribution in [0.4, 0.5) is 24.8 Å². The van der Waals surface area contributed by atoms with Gasteiger partial charge in [0.1, 0.15) is 23.9 Å². The minimum Gasteiger partial charge on any atom is -0.487 e. The molecule has 264 valence electrons. The predicted octanol–water partition coefficient (Wildman–Crippen LogP) is 5.31. The summed E-state index contributed by atoms with van der Waals surface area (Å²) >= 11 is 6.42. The van der Waals surface area contributed by atoms with E-state index >= 15 is 0 Å². The molecule has 1 aliphatic heterocycles. The summed E-state index contributed by atoms with van der Waals surface area (Å²) < 4.78 is 62.0. The SMILES string of the molecule is CC(Cn1cnnn1)Oc1cc(-c2cnc(Nc3cn(C4CCC(N5CCOCC5)CC4)nc3OCCCOC(F)(F)F)nc2)ccc1Cl. The number of hydrogen-bond donors (Lipinski definition) is 1. The summed E-state index contributed by atoms with van der Waals surface area (Å²) in [6.45, 7) is 5.25. The van der Waals surface area contributed by atoms with Crippen LogP contribution in [0.2, 0.25) is 5.02 Å². The lowest BCUT2D eigenvalue weighted by Crippen LogP contribution is -2.45. The summed E-state index contributed by atoms with van der Waals surface area (Å²) in [5, 5.41) is 19.4. The van der Waals surface area contributed by atoms with Crippen LogP contribution < -0.4 is 14.8 Å². The fourth-order valence-corrected chi connectivity index (χ4v) is 6.18. The van der Waals surface area contributed by atoms with E-state index in [1.165, 1.54) is 6.33 Å². The number of benzene rings is 1. The van der Waals surface area contributed by atoms with E-state index in [1.807, 2.05) is 29.9 Å². The van der Waals surface area contributed by atoms with Crippen LogP contribution in [0.1, 0.15) is 45.1 Å². The summed E-state index contributed by atoms with van der Waals surface area (Å²) in [6.07, 6.45) is 5.74. The number of halogens is 4. The monoisotopic (exact) mass is 706 g/mol. The van der Waals surface area contributed by atoms with Crippen LogP contribution in [0.3, 0.4) is 0 Å². The Kier molecular flexibility index (Phi) is 11.4. The Morgan fingerprint density at radius 1 is 1.04 bits per heavy atom. The molecule has 2 fully saturated rings. The molecule has 4 aromatic rings. The van der Waals surface area contributed by atoms with Crippen molar-refractivity contribution in [3.8, 4) is 22.8 Å². The predicted molar refractivity (Wildman–Crippen MR) is 172 cm³/mol. The van der Waals surface area contributed by atoms with Gasteiger partial charge in [0, 0.05) is 43.5 Å². The van der Waals surface area contributed by atoms with Crippen LogP contribution in [0.5, 0.6) is 11.6 Å². The maximum Gasteiger partial charge on any atom is 0.522 e. The molecule has 0 bridgehead atoms. The van der Waals surface area contributed by atoms with Crippen molar-refractivity contribution in [2.45, 2.75) is 70.1 Å². The average molecular weight is 707 g/mol. The number of morpholine rings is 1. The molecule has 2 aliphatic rings. The number of nitrogens with zero attached hydrogens (tertiary/aromatic N) is 9. The highest BCUT2D eigenvalue weighted by molar-refractivity contribution is 6.32. The Bertz CT molecular complexity index is 1610. The molecule has 6 rings (SSSR count). The Labute approximate surface area is 285 Å². The molecule has 1 aromatic carbocycles. The van der Waals surface area contributed by atoms with Gasteiger partial charge in [0.15, 0.2) is 0 Å². The molecule has 49 heavy (non-hydrogen) atoms. The first-order valence-corrected chi connectivity index (χ1v) is 16.6. The first-order valence-electron chi connectivity index (χ1n) is 16.2. The summed E-state index contributed by atoms with van der Waals surface area (Å²) in [7, 11) is 0. The van der Waals surface area contributed by atoms with Crippen molar-refractivity contribution in [3.05, 3.63) is 48.1 Å². The molecular weight excluding hydrogens is 669 g/mol. The van der Waals surface area contributed by atoms with Gasteiger partial charge in [-0.15, -0.1) is 23.4 Å². The lowest BCUT2D eigenvalue weighted by molar-refractivity contribution is -0.324. The van der Waals surface area contributed by atoms with E-state index in [1.54, 1.807) is 23.1 Å². The minimum absolute atomic E-state index is 0.0132. The number of ether oxygens (including phenoxy) is 4. The van der Waals surface area contributed by atoms with Gasteiger partial charge in [-0.25, -0.2) is 14.6 Å². The highest BCUT2D eigenvalue weighted by Gasteiger charge is 2.30. The number of rotatable bonds is 14. The molecule has 0 amide bonds. The molecule has 0 radical (unpaired) electrons. The lowest BCUT2D eigenvalue weighted by Gasteiger charge is -2.38. The standard InChI is InChI=1S/C31H38ClF3N10O4/c1-21(18-44-20-38-41-42-44)49-28-15-22(3-8-26(28)32)23-16-36-30(37-17-23)39-27-19-45(40-29(27)47-11-2-12-48-31(33,34)35)25-6-4-24(5-7-25)43-9-13-46-14-10-43/h3,8,15-17,19-21,24-25H,2,4-7,9-14,18H2,1H3,(H,36,37,39). The minimum atomic E-state index is -4.69. The van der Waals surface area contributed by atoms with Crippen molar-refractivity contribution < 1.29 is 32.1 Å². The Morgan fingerprint density at radius 2 is 1.80 bits per heavy atom. The summed E-state index contributed by atoms with van der Waals surface area (Å²) in [5.41, 5.74) is 2.04. The molecule has 1 unspecified atom stereocenters. The summed E-state index contributed by atoms with van der Waals surface area (Å²) in [6, 6.07) is 6.08. The van der Waals surface area contributed by atoms with Gasteiger partial charge in [-0.3, -0.25) is 14.3 Å². The normalized spacial score (nSPS) is 19.4. The van der Waals surface area contributed by atoms with Crippen LogP contribution in [0.15, 0.2) is 43.1 Å². The van der Waals surface area contributed by atoms with Gasteiger partial charge < -0.3 is 19.5 Å². The molecule has 4 heterocycles. The number of tetrazole rings is 1. The van der Waals surface area contributed by atoms with Crippen LogP contribution in [-0.4, -0.2) is 103 Å². The second-order valence-electron chi connectivity index (χ2n) is 12.0. The van der Waals surface area contributed by atoms with Gasteiger partial charge in [0.25, 0.3) is 5.88 Å². The number of alkyl halides is 3. The van der Waals surface area contributed by atoms with E-state index in [9.17, 15) is 13.2 Å². The first kappa shape index (κ1) is 34.8. The largest absolute Gasteiger partial charge is 0.522 e. The second-order valence-corrected chi connectivity index (χ2v) is 12.4. The van der Waals surface area contributed by atoms with Crippen molar-refractivity contribution in [1.82, 2.24) is 44.9 Å². The van der Waals surface area contributed by atoms with Gasteiger partial charge in [-0.2, -0.15) is 0 Å². The first-order chi connectivity index (χ1) is 23.7. The van der Waals surface area contributed by atoms with E-state index in [0.29, 0.717) is 35.0 Å². The molecule has 1 atom stereocenters. The van der Waals surface area contributed by atoms with Crippen LogP contribution in [0, 0.1) is 0 Å². The summed E-state index contributed by atoms with van der Waals surface area (Å²) in [4.78, 5) is 11.5. The smallest absolute Gasteiger partial charge is 0.487 e. The Balaban J connectivity index is 1.12. The molecule has 1 N–H and O–H groups in total. The van der Waals surface area contributed by atoms with Gasteiger partial charge in [-0.05, 0) is 60.7 Å². The Morgan fingerprint density at radius 3 is 2.51 bits per heavy atom. The van der Waals surface area contributed by atoms with Crippen molar-refractivity contribution in [3.63, 3.8) is 0 Å². The molecule has 18 heteroatoms. The van der Waals surface area contributed by atoms with E-state index in [0.717, 1.165) is 63.1 Å². The van der Waals surface area contributed by atoms with Crippen molar-refractivity contribution in [2.75, 3.05) is 44.8 Å². The average Bonchev–Trinajstić information content (AvgIpc) is 3.76. The third-order valence-corrected chi connectivity index (χ3v) is 8.73. The topological polar surface area (TPSA) is 139 Å². The highest BCUT2D eigenvalue weighted by atomic mass is 35.5. The van der Waals surface area contributed by atoms with Gasteiger partial charge >= 0.3 is 6.36 Å². The van der Waals surface area contributed by atoms with E-state index in [4.69, 9.17) is 25.8 Å². The van der Waals surface area contributed by atoms with E-state index < -0.39 is 13.0 Å². The van der Waals surface area contributed by atoms with Gasteiger partial charge in [-0.1, -0.05) is 17.7 Å². The van der Waals surface area contributed by atoms with Gasteiger partial charge in [0.2, 0.25) is 5.95 Å². The van der Waals surface area contributed by atoms with Crippen LogP contribution >= 0.6 is 11.6 Å². The molecule has 0 spiro atoms. The molecule has 1 saturated heterocycles. The molecular formula is C31H38ClF3N10O4. The van der Waals surface area contributed by atoms with Crippen molar-refractivity contribution in [2.24, 2.45) is 0 Å². The zero-order valence-corrected chi connectivity index (χ0v) is 27.7. The second kappa shape index (κ2) is 16.1. The van der Waals surface area contributed by atoms with Crippen molar-refractivity contribution >= 4 is 23.2 Å².